The Morgan fingerprint density at radius 1 is 1.50 bits per heavy atom. The Kier molecular flexibility index (Phi) is 3.19. The number of aryl methyl sites for hydroxylation is 1. The second-order valence-electron chi connectivity index (χ2n) is 4.18. The molecule has 1 aromatic rings. The molecule has 1 fully saturated rings. The minimum Gasteiger partial charge on any atom is -0.391 e. The lowest BCUT2D eigenvalue weighted by atomic mass is 9.92. The van der Waals surface area contributed by atoms with Crippen LogP contribution in [0.3, 0.4) is 0 Å². The van der Waals surface area contributed by atoms with Crippen molar-refractivity contribution >= 4 is 5.91 Å². The largest absolute Gasteiger partial charge is 0.391 e. The second-order valence-corrected chi connectivity index (χ2v) is 4.18. The van der Waals surface area contributed by atoms with Crippen molar-refractivity contribution in [2.24, 2.45) is 0 Å². The van der Waals surface area contributed by atoms with Gasteiger partial charge in [-0.15, -0.1) is 5.10 Å². The lowest BCUT2D eigenvalue weighted by Gasteiger charge is -2.27. The van der Waals surface area contributed by atoms with Crippen LogP contribution in [0, 0.1) is 6.92 Å². The van der Waals surface area contributed by atoms with Crippen molar-refractivity contribution in [2.75, 3.05) is 0 Å². The van der Waals surface area contributed by atoms with E-state index in [0.717, 1.165) is 25.7 Å². The first-order valence-electron chi connectivity index (χ1n) is 5.55. The molecule has 88 valence electrons. The SMILES string of the molecule is Cc1nc(C(=O)NC2CCCCC2O)n[nH]1. The van der Waals surface area contributed by atoms with Gasteiger partial charge in [-0.3, -0.25) is 9.89 Å². The number of amides is 1. The van der Waals surface area contributed by atoms with E-state index in [4.69, 9.17) is 0 Å². The summed E-state index contributed by atoms with van der Waals surface area (Å²) < 4.78 is 0. The predicted octanol–water partition coefficient (Wildman–Crippen LogP) is 0.146. The Balaban J connectivity index is 1.96. The third-order valence-electron chi connectivity index (χ3n) is 2.85. The van der Waals surface area contributed by atoms with Crippen LogP contribution in [0.1, 0.15) is 42.1 Å². The maximum Gasteiger partial charge on any atom is 0.291 e. The van der Waals surface area contributed by atoms with Gasteiger partial charge in [-0.25, -0.2) is 4.98 Å². The smallest absolute Gasteiger partial charge is 0.291 e. The minimum absolute atomic E-state index is 0.135. The average Bonchev–Trinajstić information content (AvgIpc) is 2.68. The molecule has 2 atom stereocenters. The summed E-state index contributed by atoms with van der Waals surface area (Å²) in [7, 11) is 0. The van der Waals surface area contributed by atoms with Crippen LogP contribution in [0.25, 0.3) is 0 Å². The standard InChI is InChI=1S/C10H16N4O2/c1-6-11-9(14-13-6)10(16)12-7-4-2-3-5-8(7)15/h7-8,15H,2-5H2,1H3,(H,12,16)(H,11,13,14). The fourth-order valence-corrected chi connectivity index (χ4v) is 1.96. The maximum absolute atomic E-state index is 11.7. The van der Waals surface area contributed by atoms with Crippen molar-refractivity contribution in [3.63, 3.8) is 0 Å². The van der Waals surface area contributed by atoms with Gasteiger partial charge in [0.1, 0.15) is 5.82 Å². The zero-order valence-electron chi connectivity index (χ0n) is 9.23. The Hall–Kier alpha value is -1.43. The molecule has 6 heteroatoms. The monoisotopic (exact) mass is 224 g/mol. The molecule has 16 heavy (non-hydrogen) atoms. The average molecular weight is 224 g/mol. The van der Waals surface area contributed by atoms with E-state index in [0.29, 0.717) is 5.82 Å². The van der Waals surface area contributed by atoms with Crippen LogP contribution in [0.5, 0.6) is 0 Å². The van der Waals surface area contributed by atoms with Gasteiger partial charge < -0.3 is 10.4 Å². The number of aliphatic hydroxyl groups excluding tert-OH is 1. The van der Waals surface area contributed by atoms with E-state index < -0.39 is 6.10 Å². The van der Waals surface area contributed by atoms with E-state index in [1.165, 1.54) is 0 Å². The summed E-state index contributed by atoms with van der Waals surface area (Å²) in [5.41, 5.74) is 0. The first kappa shape index (κ1) is 11.1. The number of aromatic nitrogens is 3. The van der Waals surface area contributed by atoms with Gasteiger partial charge in [0.15, 0.2) is 0 Å². The molecule has 1 amide bonds. The Morgan fingerprint density at radius 3 is 2.88 bits per heavy atom. The van der Waals surface area contributed by atoms with Crippen molar-refractivity contribution in [2.45, 2.75) is 44.8 Å². The Labute approximate surface area is 93.5 Å². The lowest BCUT2D eigenvalue weighted by molar-refractivity contribution is 0.0710. The molecule has 1 heterocycles. The van der Waals surface area contributed by atoms with E-state index in [2.05, 4.69) is 20.5 Å². The zero-order chi connectivity index (χ0) is 11.5. The van der Waals surface area contributed by atoms with E-state index in [-0.39, 0.29) is 17.8 Å². The molecule has 0 radical (unpaired) electrons. The highest BCUT2D eigenvalue weighted by Crippen LogP contribution is 2.18. The number of H-pyrrole nitrogens is 1. The van der Waals surface area contributed by atoms with Gasteiger partial charge in [0.05, 0.1) is 12.1 Å². The third kappa shape index (κ3) is 2.38. The molecule has 1 aromatic heterocycles. The van der Waals surface area contributed by atoms with E-state index in [1.54, 1.807) is 6.92 Å². The molecule has 0 aliphatic heterocycles. The quantitative estimate of drug-likeness (QED) is 0.666. The lowest BCUT2D eigenvalue weighted by Crippen LogP contribution is -2.45. The summed E-state index contributed by atoms with van der Waals surface area (Å²) in [6.07, 6.45) is 3.18. The maximum atomic E-state index is 11.7. The predicted molar refractivity (Wildman–Crippen MR) is 56.8 cm³/mol. The minimum atomic E-state index is -0.447. The fraction of sp³-hybridized carbons (Fsp3) is 0.700. The number of hydrogen-bond acceptors (Lipinski definition) is 4. The van der Waals surface area contributed by atoms with Crippen molar-refractivity contribution < 1.29 is 9.90 Å². The molecular weight excluding hydrogens is 208 g/mol. The highest BCUT2D eigenvalue weighted by molar-refractivity contribution is 5.90. The number of aliphatic hydroxyl groups is 1. The number of carbonyl (C=O) groups excluding carboxylic acids is 1. The summed E-state index contributed by atoms with van der Waals surface area (Å²) in [4.78, 5) is 15.6. The van der Waals surface area contributed by atoms with Crippen LogP contribution in [0.15, 0.2) is 0 Å². The zero-order valence-corrected chi connectivity index (χ0v) is 9.23. The van der Waals surface area contributed by atoms with Crippen molar-refractivity contribution in [3.05, 3.63) is 11.6 Å². The first-order chi connectivity index (χ1) is 7.66. The Bertz CT molecular complexity index is 377. The molecule has 1 saturated carbocycles. The molecule has 0 aromatic carbocycles. The molecule has 6 nitrogen and oxygen atoms in total. The number of rotatable bonds is 2. The van der Waals surface area contributed by atoms with E-state index in [1.807, 2.05) is 0 Å². The summed E-state index contributed by atoms with van der Waals surface area (Å²) in [6, 6.07) is -0.167. The highest BCUT2D eigenvalue weighted by Gasteiger charge is 2.25. The molecule has 1 aliphatic rings. The van der Waals surface area contributed by atoms with Gasteiger partial charge >= 0.3 is 0 Å². The number of nitrogens with zero attached hydrogens (tertiary/aromatic N) is 2. The summed E-state index contributed by atoms with van der Waals surface area (Å²) in [6.45, 7) is 1.74. The molecular formula is C10H16N4O2. The second kappa shape index (κ2) is 4.61. The number of carbonyl (C=O) groups is 1. The molecule has 0 bridgehead atoms. The van der Waals surface area contributed by atoms with Gasteiger partial charge in [0.25, 0.3) is 5.91 Å². The van der Waals surface area contributed by atoms with Gasteiger partial charge in [-0.05, 0) is 19.8 Å². The molecule has 0 saturated heterocycles. The molecule has 0 spiro atoms. The number of aromatic amines is 1. The van der Waals surface area contributed by atoms with Gasteiger partial charge in [0, 0.05) is 0 Å². The fourth-order valence-electron chi connectivity index (χ4n) is 1.96. The van der Waals surface area contributed by atoms with Crippen molar-refractivity contribution in [1.29, 1.82) is 0 Å². The summed E-state index contributed by atoms with van der Waals surface area (Å²) in [5, 5.41) is 18.9. The molecule has 2 rings (SSSR count). The van der Waals surface area contributed by atoms with E-state index in [9.17, 15) is 9.90 Å². The van der Waals surface area contributed by atoms with Crippen LogP contribution >= 0.6 is 0 Å². The van der Waals surface area contributed by atoms with Gasteiger partial charge in [0.2, 0.25) is 5.82 Å². The first-order valence-corrected chi connectivity index (χ1v) is 5.55. The molecule has 3 N–H and O–H groups in total. The van der Waals surface area contributed by atoms with E-state index >= 15 is 0 Å². The van der Waals surface area contributed by atoms with Crippen molar-refractivity contribution in [1.82, 2.24) is 20.5 Å². The molecule has 1 aliphatic carbocycles. The van der Waals surface area contributed by atoms with Gasteiger partial charge in [-0.2, -0.15) is 0 Å². The molecule has 2 unspecified atom stereocenters. The topological polar surface area (TPSA) is 90.9 Å². The van der Waals surface area contributed by atoms with Crippen molar-refractivity contribution in [3.8, 4) is 0 Å². The van der Waals surface area contributed by atoms with Crippen LogP contribution < -0.4 is 5.32 Å². The summed E-state index contributed by atoms with van der Waals surface area (Å²) >= 11 is 0. The van der Waals surface area contributed by atoms with Crippen LogP contribution in [0.4, 0.5) is 0 Å². The third-order valence-corrected chi connectivity index (χ3v) is 2.85. The number of nitrogens with one attached hydrogen (secondary N) is 2. The van der Waals surface area contributed by atoms with Crippen LogP contribution in [-0.4, -0.2) is 38.3 Å². The normalized spacial score (nSPS) is 25.4. The highest BCUT2D eigenvalue weighted by atomic mass is 16.3. The van der Waals surface area contributed by atoms with Crippen LogP contribution in [0.2, 0.25) is 0 Å². The van der Waals surface area contributed by atoms with Crippen LogP contribution in [-0.2, 0) is 0 Å². The number of hydrogen-bond donors (Lipinski definition) is 3. The summed E-state index contributed by atoms with van der Waals surface area (Å²) in [5.74, 6) is 0.417. The van der Waals surface area contributed by atoms with Gasteiger partial charge in [-0.1, -0.05) is 12.8 Å². The Morgan fingerprint density at radius 2 is 2.25 bits per heavy atom.